The van der Waals surface area contributed by atoms with Crippen LogP contribution in [0.1, 0.15) is 15.9 Å². The normalized spacial score (nSPS) is 10.0. The van der Waals surface area contributed by atoms with Crippen LogP contribution in [0.5, 0.6) is 0 Å². The second-order valence-electron chi connectivity index (χ2n) is 4.86. The van der Waals surface area contributed by atoms with Crippen LogP contribution in [0.2, 0.25) is 0 Å². The molecule has 0 saturated heterocycles. The highest BCUT2D eigenvalue weighted by atomic mass is 16.6. The second-order valence-corrected chi connectivity index (χ2v) is 4.86. The molecule has 114 valence electrons. The average molecular weight is 299 g/mol. The summed E-state index contributed by atoms with van der Waals surface area (Å²) in [5.41, 5.74) is 2.34. The van der Waals surface area contributed by atoms with E-state index in [1.54, 1.807) is 18.2 Å². The van der Waals surface area contributed by atoms with Crippen molar-refractivity contribution in [1.29, 1.82) is 0 Å². The number of hydrogen-bond donors (Lipinski definition) is 2. The number of nitrogens with one attached hydrogen (secondary N) is 2. The van der Waals surface area contributed by atoms with Crippen molar-refractivity contribution in [3.8, 4) is 0 Å². The first kappa shape index (κ1) is 15.5. The van der Waals surface area contributed by atoms with Gasteiger partial charge in [0.05, 0.1) is 4.92 Å². The Morgan fingerprint density at radius 3 is 2.64 bits per heavy atom. The summed E-state index contributed by atoms with van der Waals surface area (Å²) >= 11 is 0. The fourth-order valence-electron chi connectivity index (χ4n) is 2.00. The third-order valence-electron chi connectivity index (χ3n) is 3.08. The molecule has 2 aromatic carbocycles. The molecule has 0 saturated carbocycles. The number of aryl methyl sites for hydroxylation is 1. The summed E-state index contributed by atoms with van der Waals surface area (Å²) in [6, 6.07) is 13.6. The predicted molar refractivity (Wildman–Crippen MR) is 85.1 cm³/mol. The molecule has 0 fully saturated rings. The van der Waals surface area contributed by atoms with Gasteiger partial charge in [-0.2, -0.15) is 0 Å². The van der Waals surface area contributed by atoms with Crippen LogP contribution < -0.4 is 10.6 Å². The van der Waals surface area contributed by atoms with Gasteiger partial charge in [-0.05, 0) is 25.1 Å². The maximum atomic E-state index is 11.9. The second kappa shape index (κ2) is 7.21. The molecule has 0 aliphatic carbocycles. The van der Waals surface area contributed by atoms with E-state index in [1.165, 1.54) is 12.1 Å². The third-order valence-corrected chi connectivity index (χ3v) is 3.08. The molecule has 0 aromatic heterocycles. The van der Waals surface area contributed by atoms with E-state index >= 15 is 0 Å². The number of non-ortho nitro benzene ring substituents is 1. The molecule has 2 N–H and O–H groups in total. The minimum Gasteiger partial charge on any atom is -0.383 e. The highest BCUT2D eigenvalue weighted by molar-refractivity contribution is 5.94. The summed E-state index contributed by atoms with van der Waals surface area (Å²) in [6.45, 7) is 2.84. The van der Waals surface area contributed by atoms with Gasteiger partial charge in [0.25, 0.3) is 11.6 Å². The van der Waals surface area contributed by atoms with Crippen molar-refractivity contribution in [1.82, 2.24) is 5.32 Å². The van der Waals surface area contributed by atoms with Crippen LogP contribution in [0.3, 0.4) is 0 Å². The summed E-state index contributed by atoms with van der Waals surface area (Å²) in [5.74, 6) is -0.135. The van der Waals surface area contributed by atoms with Crippen LogP contribution in [-0.2, 0) is 0 Å². The zero-order valence-corrected chi connectivity index (χ0v) is 12.2. The Morgan fingerprint density at radius 1 is 1.14 bits per heavy atom. The number of carbonyl (C=O) groups excluding carboxylic acids is 1. The van der Waals surface area contributed by atoms with E-state index in [0.29, 0.717) is 24.3 Å². The maximum absolute atomic E-state index is 11.9. The van der Waals surface area contributed by atoms with Crippen molar-refractivity contribution in [2.75, 3.05) is 18.4 Å². The van der Waals surface area contributed by atoms with Crippen LogP contribution in [0.15, 0.2) is 48.5 Å². The lowest BCUT2D eigenvalue weighted by Gasteiger charge is -2.08. The zero-order valence-electron chi connectivity index (χ0n) is 12.2. The first-order valence-electron chi connectivity index (χ1n) is 6.89. The molecular weight excluding hydrogens is 282 g/mol. The minimum atomic E-state index is -0.440. The number of nitrogens with zero attached hydrogens (tertiary/aromatic N) is 1. The first-order chi connectivity index (χ1) is 10.6. The van der Waals surface area contributed by atoms with E-state index in [2.05, 4.69) is 10.6 Å². The molecule has 0 aliphatic rings. The van der Waals surface area contributed by atoms with Crippen molar-refractivity contribution in [2.45, 2.75) is 6.92 Å². The lowest BCUT2D eigenvalue weighted by atomic mass is 10.1. The molecule has 0 unspecified atom stereocenters. The Kier molecular flexibility index (Phi) is 5.08. The van der Waals surface area contributed by atoms with Crippen LogP contribution in [0, 0.1) is 17.0 Å². The first-order valence-corrected chi connectivity index (χ1v) is 6.89. The number of nitro benzene ring substituents is 1. The van der Waals surface area contributed by atoms with Crippen molar-refractivity contribution >= 4 is 17.3 Å². The van der Waals surface area contributed by atoms with Gasteiger partial charge in [0.2, 0.25) is 0 Å². The van der Waals surface area contributed by atoms with E-state index in [9.17, 15) is 14.9 Å². The van der Waals surface area contributed by atoms with Crippen LogP contribution in [0.4, 0.5) is 11.4 Å². The minimum absolute atomic E-state index is 0.0359. The lowest BCUT2D eigenvalue weighted by molar-refractivity contribution is -0.384. The molecule has 0 spiro atoms. The monoisotopic (exact) mass is 299 g/mol. The van der Waals surface area contributed by atoms with Crippen LogP contribution >= 0.6 is 0 Å². The number of amides is 1. The lowest BCUT2D eigenvalue weighted by Crippen LogP contribution is -2.28. The van der Waals surface area contributed by atoms with Gasteiger partial charge < -0.3 is 10.6 Å². The van der Waals surface area contributed by atoms with Gasteiger partial charge in [0.15, 0.2) is 0 Å². The van der Waals surface area contributed by atoms with Crippen LogP contribution in [0.25, 0.3) is 0 Å². The molecule has 0 aliphatic heterocycles. The zero-order chi connectivity index (χ0) is 15.9. The molecule has 6 heteroatoms. The molecule has 2 rings (SSSR count). The van der Waals surface area contributed by atoms with Gasteiger partial charge in [-0.3, -0.25) is 14.9 Å². The predicted octanol–water partition coefficient (Wildman–Crippen LogP) is 2.75. The van der Waals surface area contributed by atoms with Crippen molar-refractivity contribution in [3.05, 3.63) is 69.8 Å². The summed E-state index contributed by atoms with van der Waals surface area (Å²) in [6.07, 6.45) is 0. The van der Waals surface area contributed by atoms with E-state index < -0.39 is 4.92 Å². The fraction of sp³-hybridized carbons (Fsp3) is 0.188. The molecular formula is C16H17N3O3. The summed E-state index contributed by atoms with van der Waals surface area (Å²) in [5, 5.41) is 16.5. The fourth-order valence-corrected chi connectivity index (χ4v) is 2.00. The molecule has 2 aromatic rings. The van der Waals surface area contributed by atoms with E-state index in [1.807, 2.05) is 25.1 Å². The number of carbonyl (C=O) groups is 1. The summed E-state index contributed by atoms with van der Waals surface area (Å²) in [7, 11) is 0. The summed E-state index contributed by atoms with van der Waals surface area (Å²) < 4.78 is 0. The quantitative estimate of drug-likeness (QED) is 0.488. The number of anilines is 1. The Morgan fingerprint density at radius 2 is 1.91 bits per heavy atom. The average Bonchev–Trinajstić information content (AvgIpc) is 2.51. The smallest absolute Gasteiger partial charge is 0.271 e. The number of benzene rings is 2. The van der Waals surface area contributed by atoms with Crippen molar-refractivity contribution < 1.29 is 9.72 Å². The highest BCUT2D eigenvalue weighted by Crippen LogP contribution is 2.16. The molecule has 0 atom stereocenters. The van der Waals surface area contributed by atoms with E-state index in [-0.39, 0.29) is 11.6 Å². The Labute approximate surface area is 128 Å². The maximum Gasteiger partial charge on any atom is 0.271 e. The highest BCUT2D eigenvalue weighted by Gasteiger charge is 2.06. The Hall–Kier alpha value is -2.89. The molecule has 0 bridgehead atoms. The topological polar surface area (TPSA) is 84.3 Å². The van der Waals surface area contributed by atoms with Crippen molar-refractivity contribution in [2.24, 2.45) is 0 Å². The molecule has 6 nitrogen and oxygen atoms in total. The van der Waals surface area contributed by atoms with Crippen molar-refractivity contribution in [3.63, 3.8) is 0 Å². The van der Waals surface area contributed by atoms with Gasteiger partial charge in [-0.1, -0.05) is 23.8 Å². The van der Waals surface area contributed by atoms with E-state index in [4.69, 9.17) is 0 Å². The number of rotatable bonds is 6. The standard InChI is InChI=1S/C16H17N3O3/c1-12-4-2-5-13(10-12)16(20)18-9-8-17-14-6-3-7-15(11-14)19(21)22/h2-7,10-11,17H,8-9H2,1H3,(H,18,20). The van der Waals surface area contributed by atoms with Gasteiger partial charge in [-0.15, -0.1) is 0 Å². The van der Waals surface area contributed by atoms with E-state index in [0.717, 1.165) is 5.56 Å². The Balaban J connectivity index is 1.81. The summed E-state index contributed by atoms with van der Waals surface area (Å²) in [4.78, 5) is 22.2. The largest absolute Gasteiger partial charge is 0.383 e. The third kappa shape index (κ3) is 4.31. The van der Waals surface area contributed by atoms with Gasteiger partial charge in [0, 0.05) is 36.5 Å². The molecule has 1 amide bonds. The Bertz CT molecular complexity index is 686. The SMILES string of the molecule is Cc1cccc(C(=O)NCCNc2cccc([N+](=O)[O-])c2)c1. The molecule has 22 heavy (non-hydrogen) atoms. The molecule has 0 radical (unpaired) electrons. The number of hydrogen-bond acceptors (Lipinski definition) is 4. The van der Waals surface area contributed by atoms with Crippen LogP contribution in [-0.4, -0.2) is 23.9 Å². The molecule has 0 heterocycles. The van der Waals surface area contributed by atoms with Gasteiger partial charge >= 0.3 is 0 Å². The van der Waals surface area contributed by atoms with Gasteiger partial charge in [-0.25, -0.2) is 0 Å². The van der Waals surface area contributed by atoms with Gasteiger partial charge in [0.1, 0.15) is 0 Å². The number of nitro groups is 1.